The Balaban J connectivity index is 3.00. The fourth-order valence-corrected chi connectivity index (χ4v) is 11.0. The van der Waals surface area contributed by atoms with Crippen molar-refractivity contribution in [1.82, 2.24) is 0 Å². The summed E-state index contributed by atoms with van der Waals surface area (Å²) in [5.41, 5.74) is -0.622. The van der Waals surface area contributed by atoms with Crippen molar-refractivity contribution in [1.29, 1.82) is 0 Å². The predicted molar refractivity (Wildman–Crippen MR) is 168 cm³/mol. The molecule has 0 aromatic rings. The van der Waals surface area contributed by atoms with Gasteiger partial charge in [0.05, 0.1) is 23.4 Å². The van der Waals surface area contributed by atoms with Crippen LogP contribution in [0.15, 0.2) is 23.4 Å². The molecule has 2 unspecified atom stereocenters. The molecule has 0 radical (unpaired) electrons. The van der Waals surface area contributed by atoms with Crippen LogP contribution in [-0.2, 0) is 13.3 Å². The van der Waals surface area contributed by atoms with Crippen LogP contribution in [0.5, 0.6) is 0 Å². The molecule has 0 aliphatic carbocycles. The first kappa shape index (κ1) is 35.0. The molecule has 2 saturated heterocycles. The number of unbranched alkanes of at least 4 members (excludes halogenated alkanes) is 1. The quantitative estimate of drug-likeness (QED) is 0.134. The highest BCUT2D eigenvalue weighted by molar-refractivity contribution is 6.70. The molecule has 0 saturated carbocycles. The third kappa shape index (κ3) is 7.08. The number of hydrogen-bond acceptors (Lipinski definition) is 4. The highest BCUT2D eigenvalue weighted by Gasteiger charge is 2.72. The molecule has 6 heteroatoms. The molecule has 1 N–H and O–H groups in total. The summed E-state index contributed by atoms with van der Waals surface area (Å²) in [5, 5.41) is 13.0. The van der Waals surface area contributed by atoms with E-state index in [1.54, 1.807) is 0 Å². The van der Waals surface area contributed by atoms with E-state index in [9.17, 15) is 5.11 Å². The predicted octanol–water partition coefficient (Wildman–Crippen LogP) is 9.26. The Morgan fingerprint density at radius 2 is 1.49 bits per heavy atom. The van der Waals surface area contributed by atoms with E-state index in [4.69, 9.17) is 24.9 Å². The molecule has 2 fully saturated rings. The van der Waals surface area contributed by atoms with Crippen molar-refractivity contribution in [3.63, 3.8) is 0 Å². The second-order valence-corrected chi connectivity index (χ2v) is 19.2. The minimum Gasteiger partial charge on any atom is -0.388 e. The van der Waals surface area contributed by atoms with Gasteiger partial charge in [0.15, 0.2) is 0 Å². The normalized spacial score (nSPS) is 34.7. The van der Waals surface area contributed by atoms with Gasteiger partial charge < -0.3 is 18.4 Å². The molecule has 2 aliphatic rings. The number of alkyl halides is 1. The second-order valence-electron chi connectivity index (χ2n) is 16.6. The van der Waals surface area contributed by atoms with Gasteiger partial charge in [-0.15, -0.1) is 18.2 Å². The van der Waals surface area contributed by atoms with Gasteiger partial charge in [-0.25, -0.2) is 0 Å². The van der Waals surface area contributed by atoms with Gasteiger partial charge in [0.1, 0.15) is 0 Å². The maximum atomic E-state index is 11.9. The van der Waals surface area contributed by atoms with E-state index in [1.165, 1.54) is 0 Å². The van der Waals surface area contributed by atoms with Gasteiger partial charge in [-0.2, -0.15) is 0 Å². The lowest BCUT2D eigenvalue weighted by Crippen LogP contribution is -2.69. The Bertz CT molecular complexity index is 878. The van der Waals surface area contributed by atoms with E-state index in [-0.39, 0.29) is 33.7 Å². The molecule has 39 heavy (non-hydrogen) atoms. The van der Waals surface area contributed by atoms with Crippen LogP contribution in [0.2, 0.25) is 0 Å². The summed E-state index contributed by atoms with van der Waals surface area (Å²) in [6.07, 6.45) is 5.19. The van der Waals surface area contributed by atoms with E-state index in [0.29, 0.717) is 5.88 Å². The molecule has 228 valence electrons. The summed E-state index contributed by atoms with van der Waals surface area (Å²) < 4.78 is 22.1. The van der Waals surface area contributed by atoms with Gasteiger partial charge in [0.25, 0.3) is 0 Å². The molecule has 4 nitrogen and oxygen atoms in total. The lowest BCUT2D eigenvalue weighted by molar-refractivity contribution is -0.205. The van der Waals surface area contributed by atoms with Gasteiger partial charge in [-0.1, -0.05) is 89.2 Å². The highest BCUT2D eigenvalue weighted by atomic mass is 35.5. The van der Waals surface area contributed by atoms with E-state index in [0.717, 1.165) is 42.9 Å². The molecular weight excluding hydrogens is 524 g/mol. The van der Waals surface area contributed by atoms with Crippen LogP contribution in [-0.4, -0.2) is 43.2 Å². The van der Waals surface area contributed by atoms with Crippen LogP contribution in [0.25, 0.3) is 0 Å². The topological polar surface area (TPSA) is 47.9 Å². The Labute approximate surface area is 247 Å². The summed E-state index contributed by atoms with van der Waals surface area (Å²) >= 11 is 6.12. The molecule has 2 heterocycles. The summed E-state index contributed by atoms with van der Waals surface area (Å²) in [4.78, 5) is 0. The monoisotopic (exact) mass is 584 g/mol. The fourth-order valence-electron chi connectivity index (χ4n) is 6.01. The number of aliphatic hydroxyl groups is 1. The Kier molecular flexibility index (Phi) is 10.3. The summed E-state index contributed by atoms with van der Waals surface area (Å²) in [5.74, 6) is 0.487. The average molecular weight is 585 g/mol. The zero-order chi connectivity index (χ0) is 30.5. The smallest absolute Gasteiger partial charge is 0.388 e. The molecule has 0 bridgehead atoms. The molecule has 0 aromatic heterocycles. The maximum absolute atomic E-state index is 11.9. The van der Waals surface area contributed by atoms with Crippen LogP contribution in [0.1, 0.15) is 129 Å². The van der Waals surface area contributed by atoms with Gasteiger partial charge in [-0.05, 0) is 61.3 Å². The molecule has 0 aromatic carbocycles. The van der Waals surface area contributed by atoms with Crippen molar-refractivity contribution in [2.45, 2.75) is 152 Å². The van der Waals surface area contributed by atoms with Crippen LogP contribution in [0.3, 0.4) is 0 Å². The standard InChI is InChI=1S/C33H61ClO4Si/c1-16-23(2)26(35)24(19-17-18-20-34)27-31(12,13)25(21-28(3,4)5)36-39(27)37-32(14,29(6,7)8)22-33(15,38-39)30(9,10)11/h16,23,25-26,35H,1,17-22H2,2-15H3/b27-24-/t23-,25-,26-,32?,33?,39?/m0/s1. The van der Waals surface area contributed by atoms with Gasteiger partial charge >= 0.3 is 8.80 Å². The largest absolute Gasteiger partial charge is 0.534 e. The lowest BCUT2D eigenvalue weighted by atomic mass is 9.66. The van der Waals surface area contributed by atoms with Crippen molar-refractivity contribution in [3.05, 3.63) is 23.4 Å². The Morgan fingerprint density at radius 1 is 1.00 bits per heavy atom. The summed E-state index contributed by atoms with van der Waals surface area (Å²) in [6.45, 7) is 35.4. The fraction of sp³-hybridized carbons (Fsp3) is 0.879. The molecule has 2 rings (SSSR count). The lowest BCUT2D eigenvalue weighted by Gasteiger charge is -2.59. The SMILES string of the molecule is C=C[C@H](C)[C@H](O)/C(CCCCCl)=C1/C(C)(C)[C@H](CC(C)(C)C)O[Si]12OC(C)(C(C)(C)C)CC(C)(C(C)(C)C)O2. The molecule has 2 aliphatic heterocycles. The maximum Gasteiger partial charge on any atom is 0.534 e. The zero-order valence-corrected chi connectivity index (χ0v) is 29.6. The summed E-state index contributed by atoms with van der Waals surface area (Å²) in [6, 6.07) is 0. The van der Waals surface area contributed by atoms with E-state index in [1.807, 2.05) is 13.0 Å². The van der Waals surface area contributed by atoms with Crippen molar-refractivity contribution in [3.8, 4) is 0 Å². The first-order valence-electron chi connectivity index (χ1n) is 15.1. The first-order chi connectivity index (χ1) is 17.4. The van der Waals surface area contributed by atoms with E-state index >= 15 is 0 Å². The van der Waals surface area contributed by atoms with Gasteiger partial charge in [0.2, 0.25) is 0 Å². The van der Waals surface area contributed by atoms with Crippen molar-refractivity contribution in [2.24, 2.45) is 27.6 Å². The van der Waals surface area contributed by atoms with Crippen LogP contribution < -0.4 is 0 Å². The summed E-state index contributed by atoms with van der Waals surface area (Å²) in [7, 11) is -3.53. The van der Waals surface area contributed by atoms with Crippen molar-refractivity contribution in [2.75, 3.05) is 5.88 Å². The Hall–Kier alpha value is -0.173. The minimum atomic E-state index is -3.53. The molecule has 0 amide bonds. The minimum absolute atomic E-state index is 0.0497. The number of aliphatic hydroxyl groups excluding tert-OH is 1. The second kappa shape index (κ2) is 11.5. The van der Waals surface area contributed by atoms with Crippen molar-refractivity contribution < 1.29 is 18.4 Å². The molecule has 1 spiro atoms. The Morgan fingerprint density at radius 3 is 1.87 bits per heavy atom. The first-order valence-corrected chi connectivity index (χ1v) is 17.3. The highest BCUT2D eigenvalue weighted by Crippen LogP contribution is 2.61. The average Bonchev–Trinajstić information content (AvgIpc) is 2.92. The number of hydrogen-bond donors (Lipinski definition) is 1. The van der Waals surface area contributed by atoms with Crippen molar-refractivity contribution >= 4 is 20.4 Å². The van der Waals surface area contributed by atoms with Gasteiger partial charge in [0, 0.05) is 28.8 Å². The van der Waals surface area contributed by atoms with Crippen LogP contribution >= 0.6 is 11.6 Å². The van der Waals surface area contributed by atoms with E-state index in [2.05, 4.69) is 96.6 Å². The molecule has 5 atom stereocenters. The van der Waals surface area contributed by atoms with E-state index < -0.39 is 26.1 Å². The van der Waals surface area contributed by atoms with Crippen LogP contribution in [0, 0.1) is 27.6 Å². The van der Waals surface area contributed by atoms with Crippen LogP contribution in [0.4, 0.5) is 0 Å². The third-order valence-corrected chi connectivity index (χ3v) is 13.7. The number of halogens is 1. The van der Waals surface area contributed by atoms with Gasteiger partial charge in [-0.3, -0.25) is 0 Å². The third-order valence-electron chi connectivity index (χ3n) is 9.80. The number of rotatable bonds is 8. The molecular formula is C33H61ClO4Si. The zero-order valence-electron chi connectivity index (χ0n) is 27.8.